The topological polar surface area (TPSA) is 72.6 Å². The second kappa shape index (κ2) is 11.0. The third kappa shape index (κ3) is 5.85. The molecule has 0 fully saturated rings. The van der Waals surface area contributed by atoms with E-state index in [1.54, 1.807) is 12.1 Å². The molecule has 1 aromatic heterocycles. The van der Waals surface area contributed by atoms with E-state index in [9.17, 15) is 18.0 Å². The second-order valence-electron chi connectivity index (χ2n) is 5.33. The first-order valence-corrected chi connectivity index (χ1v) is 9.35. The van der Waals surface area contributed by atoms with Gasteiger partial charge in [0.15, 0.2) is 5.76 Å². The van der Waals surface area contributed by atoms with E-state index < -0.39 is 17.7 Å². The van der Waals surface area contributed by atoms with Crippen LogP contribution in [0.25, 0.3) is 22.8 Å². The van der Waals surface area contributed by atoms with Crippen LogP contribution in [0.4, 0.5) is 13.2 Å². The lowest BCUT2D eigenvalue weighted by molar-refractivity contribution is -0.137. The van der Waals surface area contributed by atoms with E-state index in [0.717, 1.165) is 12.1 Å². The molecule has 1 heterocycles. The lowest BCUT2D eigenvalue weighted by Gasteiger charge is -2.11. The molecule has 0 amide bonds. The molecule has 3 rings (SSSR count). The van der Waals surface area contributed by atoms with Crippen molar-refractivity contribution < 1.29 is 32.2 Å². The van der Waals surface area contributed by atoms with Gasteiger partial charge in [0.05, 0.1) is 30.0 Å². The van der Waals surface area contributed by atoms with Crippen LogP contribution in [0.3, 0.4) is 0 Å². The van der Waals surface area contributed by atoms with Crippen LogP contribution in [0.15, 0.2) is 53.1 Å². The van der Waals surface area contributed by atoms with Gasteiger partial charge in [-0.25, -0.2) is 9.78 Å². The summed E-state index contributed by atoms with van der Waals surface area (Å²) < 4.78 is 49.1. The Hall–Kier alpha value is -3.29. The number of halogens is 3. The average Bonchev–Trinajstić information content (AvgIpc) is 3.25. The van der Waals surface area contributed by atoms with Gasteiger partial charge in [-0.1, -0.05) is 33.8 Å². The largest absolute Gasteiger partial charge is 0.496 e. The van der Waals surface area contributed by atoms with Gasteiger partial charge in [-0.2, -0.15) is 13.2 Å². The number of aromatic nitrogens is 1. The predicted octanol–water partition coefficient (Wildman–Crippen LogP) is 6.79. The Labute approximate surface area is 173 Å². The zero-order valence-corrected chi connectivity index (χ0v) is 17.4. The number of methoxy groups -OCH3 is 1. The summed E-state index contributed by atoms with van der Waals surface area (Å²) in [4.78, 5) is 15.1. The lowest BCUT2D eigenvalue weighted by Crippen LogP contribution is -2.05. The minimum Gasteiger partial charge on any atom is -0.496 e. The van der Waals surface area contributed by atoms with Crippen molar-refractivity contribution >= 4 is 5.97 Å². The van der Waals surface area contributed by atoms with E-state index in [4.69, 9.17) is 14.3 Å². The number of benzene rings is 2. The second-order valence-corrected chi connectivity index (χ2v) is 5.33. The Balaban J connectivity index is 0.00000106. The van der Waals surface area contributed by atoms with Crippen LogP contribution < -0.4 is 4.74 Å². The van der Waals surface area contributed by atoms with Crippen molar-refractivity contribution in [1.29, 1.82) is 0 Å². The maximum absolute atomic E-state index is 12.8. The number of carbonyl (C=O) groups is 1. The number of oxazole rings is 1. The molecule has 2 aromatic carbocycles. The molecule has 0 aliphatic rings. The minimum atomic E-state index is -4.49. The summed E-state index contributed by atoms with van der Waals surface area (Å²) >= 11 is 0. The van der Waals surface area contributed by atoms with Crippen LogP contribution in [0.1, 0.15) is 43.6 Å². The minimum absolute atomic E-state index is 0.0122. The van der Waals surface area contributed by atoms with Gasteiger partial charge < -0.3 is 14.3 Å². The van der Waals surface area contributed by atoms with Crippen molar-refractivity contribution in [3.05, 3.63) is 59.8 Å². The number of carboxylic acid groups (broad SMARTS) is 1. The van der Waals surface area contributed by atoms with E-state index >= 15 is 0 Å². The highest BCUT2D eigenvalue weighted by Gasteiger charge is 2.31. The number of carboxylic acids is 1. The van der Waals surface area contributed by atoms with E-state index in [0.29, 0.717) is 11.1 Å². The molecule has 8 heteroatoms. The van der Waals surface area contributed by atoms with Gasteiger partial charge in [0.2, 0.25) is 5.89 Å². The number of hydrogen-bond acceptors (Lipinski definition) is 4. The van der Waals surface area contributed by atoms with Crippen molar-refractivity contribution in [2.45, 2.75) is 33.9 Å². The number of ether oxygens (including phenoxy) is 1. The third-order valence-corrected chi connectivity index (χ3v) is 3.66. The first-order valence-electron chi connectivity index (χ1n) is 9.35. The van der Waals surface area contributed by atoms with Gasteiger partial charge in [-0.05, 0) is 36.4 Å². The molecule has 3 aromatic rings. The highest BCUT2D eigenvalue weighted by molar-refractivity contribution is 5.89. The van der Waals surface area contributed by atoms with Crippen LogP contribution in [0.2, 0.25) is 0 Å². The normalized spacial score (nSPS) is 10.3. The zero-order chi connectivity index (χ0) is 22.9. The summed E-state index contributed by atoms with van der Waals surface area (Å²) in [5, 5.41) is 9.04. The Morgan fingerprint density at radius 2 is 1.73 bits per heavy atom. The van der Waals surface area contributed by atoms with Gasteiger partial charge in [0.1, 0.15) is 5.75 Å². The monoisotopic (exact) mass is 423 g/mol. The standard InChI is InChI=1S/C18H12F3NO4.2C2H6/c1-25-14-8-12(18(19,20)21)5-6-13(14)15-9-22-16(26-15)10-3-2-4-11(7-10)17(23)24;2*1-2/h2-9H,1H3,(H,23,24);2*1-2H3. The molecular weight excluding hydrogens is 399 g/mol. The van der Waals surface area contributed by atoms with Crippen molar-refractivity contribution in [1.82, 2.24) is 4.98 Å². The maximum atomic E-state index is 12.8. The molecule has 0 radical (unpaired) electrons. The van der Waals surface area contributed by atoms with Crippen LogP contribution in [0, 0.1) is 0 Å². The fourth-order valence-electron chi connectivity index (χ4n) is 2.39. The quantitative estimate of drug-likeness (QED) is 0.500. The van der Waals surface area contributed by atoms with Crippen LogP contribution in [0.5, 0.6) is 5.75 Å². The van der Waals surface area contributed by atoms with Crippen LogP contribution in [-0.4, -0.2) is 23.2 Å². The van der Waals surface area contributed by atoms with Gasteiger partial charge in [-0.15, -0.1) is 0 Å². The lowest BCUT2D eigenvalue weighted by atomic mass is 10.1. The molecule has 30 heavy (non-hydrogen) atoms. The molecule has 0 saturated heterocycles. The SMILES string of the molecule is CC.CC.COc1cc(C(F)(F)F)ccc1-c1cnc(-c2cccc(C(=O)O)c2)o1. The smallest absolute Gasteiger partial charge is 0.416 e. The summed E-state index contributed by atoms with van der Waals surface area (Å²) in [7, 11) is 1.26. The van der Waals surface area contributed by atoms with E-state index in [1.807, 2.05) is 27.7 Å². The molecule has 0 aliphatic carbocycles. The highest BCUT2D eigenvalue weighted by atomic mass is 19.4. The zero-order valence-electron chi connectivity index (χ0n) is 17.4. The number of rotatable bonds is 4. The fourth-order valence-corrected chi connectivity index (χ4v) is 2.39. The molecular formula is C22H24F3NO4. The molecule has 0 aliphatic heterocycles. The van der Waals surface area contributed by atoms with Crippen molar-refractivity contribution in [3.8, 4) is 28.5 Å². The van der Waals surface area contributed by atoms with Crippen molar-refractivity contribution in [2.75, 3.05) is 7.11 Å². The Morgan fingerprint density at radius 1 is 1.07 bits per heavy atom. The molecule has 5 nitrogen and oxygen atoms in total. The summed E-state index contributed by atoms with van der Waals surface area (Å²) in [6.07, 6.45) is -3.15. The van der Waals surface area contributed by atoms with E-state index in [2.05, 4.69) is 4.98 Å². The van der Waals surface area contributed by atoms with Crippen molar-refractivity contribution in [3.63, 3.8) is 0 Å². The summed E-state index contributed by atoms with van der Waals surface area (Å²) in [5.74, 6) is -0.763. The summed E-state index contributed by atoms with van der Waals surface area (Å²) in [6, 6.07) is 9.01. The maximum Gasteiger partial charge on any atom is 0.416 e. The predicted molar refractivity (Wildman–Crippen MR) is 109 cm³/mol. The Morgan fingerprint density at radius 3 is 2.30 bits per heavy atom. The first-order chi connectivity index (χ1) is 14.3. The first kappa shape index (κ1) is 24.7. The van der Waals surface area contributed by atoms with Crippen molar-refractivity contribution in [2.24, 2.45) is 0 Å². The number of nitrogens with zero attached hydrogens (tertiary/aromatic N) is 1. The molecule has 0 spiro atoms. The molecule has 0 saturated carbocycles. The van der Waals surface area contributed by atoms with Gasteiger partial charge in [0, 0.05) is 5.56 Å². The molecule has 0 atom stereocenters. The highest BCUT2D eigenvalue weighted by Crippen LogP contribution is 2.38. The van der Waals surface area contributed by atoms with E-state index in [-0.39, 0.29) is 23.0 Å². The molecule has 0 bridgehead atoms. The van der Waals surface area contributed by atoms with Crippen LogP contribution in [-0.2, 0) is 6.18 Å². The molecule has 1 N–H and O–H groups in total. The number of aromatic carboxylic acids is 1. The van der Waals surface area contributed by atoms with Gasteiger partial charge in [0.25, 0.3) is 0 Å². The molecule has 162 valence electrons. The third-order valence-electron chi connectivity index (χ3n) is 3.66. The Bertz CT molecular complexity index is 965. The van der Waals surface area contributed by atoms with E-state index in [1.165, 1.54) is 31.5 Å². The number of alkyl halides is 3. The fraction of sp³-hybridized carbons (Fsp3) is 0.273. The average molecular weight is 423 g/mol. The van der Waals surface area contributed by atoms with Crippen LogP contribution >= 0.6 is 0 Å². The summed E-state index contributed by atoms with van der Waals surface area (Å²) in [5.41, 5.74) is -0.0444. The Kier molecular flexibility index (Phi) is 9.11. The van der Waals surface area contributed by atoms with Gasteiger partial charge >= 0.3 is 12.1 Å². The molecule has 0 unspecified atom stereocenters. The van der Waals surface area contributed by atoms with Gasteiger partial charge in [-0.3, -0.25) is 0 Å². The number of hydrogen-bond donors (Lipinski definition) is 1. The summed E-state index contributed by atoms with van der Waals surface area (Å²) in [6.45, 7) is 8.00.